The third-order valence-corrected chi connectivity index (χ3v) is 8.32. The molecule has 30 heavy (non-hydrogen) atoms. The summed E-state index contributed by atoms with van der Waals surface area (Å²) in [6.45, 7) is 2.46. The molecule has 3 aromatic rings. The van der Waals surface area contributed by atoms with E-state index in [-0.39, 0.29) is 16.8 Å². The molecule has 7 heteroatoms. The summed E-state index contributed by atoms with van der Waals surface area (Å²) in [6.07, 6.45) is 2.77. The molecule has 1 aromatic heterocycles. The van der Waals surface area contributed by atoms with E-state index in [0.29, 0.717) is 17.8 Å². The molecule has 2 heterocycles. The van der Waals surface area contributed by atoms with Gasteiger partial charge in [0.15, 0.2) is 0 Å². The Balaban J connectivity index is 1.60. The van der Waals surface area contributed by atoms with Gasteiger partial charge in [0.2, 0.25) is 10.0 Å². The number of benzene rings is 2. The van der Waals surface area contributed by atoms with Crippen molar-refractivity contribution in [1.82, 2.24) is 4.31 Å². The molecule has 1 amide bonds. The van der Waals surface area contributed by atoms with Crippen LogP contribution >= 0.6 is 11.3 Å². The highest BCUT2D eigenvalue weighted by molar-refractivity contribution is 7.89. The third-order valence-electron chi connectivity index (χ3n) is 5.41. The summed E-state index contributed by atoms with van der Waals surface area (Å²) in [4.78, 5) is 14.2. The normalized spacial score (nSPS) is 17.6. The molecular weight excluding hydrogens is 416 g/mol. The number of nitrogens with one attached hydrogen (secondary N) is 1. The van der Waals surface area contributed by atoms with Crippen LogP contribution in [0, 0.1) is 0 Å². The smallest absolute Gasteiger partial charge is 0.255 e. The molecule has 1 unspecified atom stereocenters. The minimum Gasteiger partial charge on any atom is -0.321 e. The number of rotatable bonds is 5. The van der Waals surface area contributed by atoms with E-state index in [1.165, 1.54) is 6.07 Å². The fraction of sp³-hybridized carbons (Fsp3) is 0.261. The van der Waals surface area contributed by atoms with Crippen molar-refractivity contribution in [2.24, 2.45) is 0 Å². The van der Waals surface area contributed by atoms with Crippen molar-refractivity contribution in [3.05, 3.63) is 71.6 Å². The Morgan fingerprint density at radius 1 is 1.07 bits per heavy atom. The Hall–Kier alpha value is -2.48. The summed E-state index contributed by atoms with van der Waals surface area (Å²) in [5.74, 6) is -0.331. The molecule has 0 aliphatic carbocycles. The van der Waals surface area contributed by atoms with E-state index >= 15 is 0 Å². The van der Waals surface area contributed by atoms with Crippen LogP contribution in [0.1, 0.15) is 36.5 Å². The molecular formula is C23H24N2O3S2. The van der Waals surface area contributed by atoms with Gasteiger partial charge in [-0.25, -0.2) is 8.42 Å². The zero-order valence-electron chi connectivity index (χ0n) is 16.7. The second-order valence-corrected chi connectivity index (χ2v) is 10.3. The highest BCUT2D eigenvalue weighted by Crippen LogP contribution is 2.32. The number of piperidine rings is 1. The first-order valence-corrected chi connectivity index (χ1v) is 12.3. The first-order chi connectivity index (χ1) is 14.5. The van der Waals surface area contributed by atoms with E-state index in [1.54, 1.807) is 33.8 Å². The van der Waals surface area contributed by atoms with Gasteiger partial charge in [0.25, 0.3) is 5.91 Å². The zero-order valence-corrected chi connectivity index (χ0v) is 18.4. The third kappa shape index (κ3) is 4.19. The first kappa shape index (κ1) is 20.8. The highest BCUT2D eigenvalue weighted by atomic mass is 32.2. The standard InChI is InChI=1S/C23H24N2O3S2/c1-17-8-4-5-14-25(17)30(27,28)19-10-6-9-18(16-19)23(26)24-21-12-3-2-11-20(21)22-13-7-15-29-22/h2-3,6-7,9-13,15-17H,4-5,8,14H2,1H3,(H,24,26). The average molecular weight is 441 g/mol. The predicted octanol–water partition coefficient (Wildman–Crippen LogP) is 5.23. The van der Waals surface area contributed by atoms with Crippen LogP contribution in [0.15, 0.2) is 70.9 Å². The van der Waals surface area contributed by atoms with Crippen LogP contribution in [0.4, 0.5) is 5.69 Å². The summed E-state index contributed by atoms with van der Waals surface area (Å²) in [7, 11) is -3.63. The highest BCUT2D eigenvalue weighted by Gasteiger charge is 2.31. The van der Waals surface area contributed by atoms with Crippen LogP contribution in [-0.4, -0.2) is 31.2 Å². The Morgan fingerprint density at radius 2 is 1.90 bits per heavy atom. The summed E-state index contributed by atoms with van der Waals surface area (Å²) >= 11 is 1.60. The van der Waals surface area contributed by atoms with Gasteiger partial charge in [0, 0.05) is 34.3 Å². The number of hydrogen-bond acceptors (Lipinski definition) is 4. The molecule has 1 saturated heterocycles. The van der Waals surface area contributed by atoms with Crippen LogP contribution in [0.5, 0.6) is 0 Å². The van der Waals surface area contributed by atoms with Crippen LogP contribution in [0.3, 0.4) is 0 Å². The number of nitrogens with zero attached hydrogens (tertiary/aromatic N) is 1. The lowest BCUT2D eigenvalue weighted by molar-refractivity contribution is 0.102. The topological polar surface area (TPSA) is 66.5 Å². The molecule has 1 fully saturated rings. The maximum Gasteiger partial charge on any atom is 0.255 e. The fourth-order valence-electron chi connectivity index (χ4n) is 3.80. The van der Waals surface area contributed by atoms with Crippen molar-refractivity contribution in [2.45, 2.75) is 37.1 Å². The lowest BCUT2D eigenvalue weighted by Gasteiger charge is -2.32. The van der Waals surface area contributed by atoms with Gasteiger partial charge in [-0.2, -0.15) is 4.31 Å². The number of para-hydroxylation sites is 1. The van der Waals surface area contributed by atoms with Gasteiger partial charge in [-0.15, -0.1) is 11.3 Å². The molecule has 0 bridgehead atoms. The van der Waals surface area contributed by atoms with E-state index in [4.69, 9.17) is 0 Å². The molecule has 1 atom stereocenters. The Bertz CT molecular complexity index is 1140. The van der Waals surface area contributed by atoms with Crippen LogP contribution in [0.25, 0.3) is 10.4 Å². The lowest BCUT2D eigenvalue weighted by atomic mass is 10.1. The van der Waals surface area contributed by atoms with Crippen LogP contribution in [-0.2, 0) is 10.0 Å². The van der Waals surface area contributed by atoms with Gasteiger partial charge in [-0.3, -0.25) is 4.79 Å². The van der Waals surface area contributed by atoms with Crippen molar-refractivity contribution in [3.63, 3.8) is 0 Å². The number of carbonyl (C=O) groups is 1. The molecule has 5 nitrogen and oxygen atoms in total. The summed E-state index contributed by atoms with van der Waals surface area (Å²) < 4.78 is 27.8. The summed E-state index contributed by atoms with van der Waals surface area (Å²) in [5.41, 5.74) is 1.95. The van der Waals surface area contributed by atoms with E-state index in [1.807, 2.05) is 48.7 Å². The molecule has 0 radical (unpaired) electrons. The number of carbonyl (C=O) groups excluding carboxylic acids is 1. The monoisotopic (exact) mass is 440 g/mol. The van der Waals surface area contributed by atoms with Crippen LogP contribution < -0.4 is 5.32 Å². The number of hydrogen-bond donors (Lipinski definition) is 1. The van der Waals surface area contributed by atoms with Crippen molar-refractivity contribution >= 4 is 33.0 Å². The second-order valence-electron chi connectivity index (χ2n) is 7.47. The largest absolute Gasteiger partial charge is 0.321 e. The van der Waals surface area contributed by atoms with Crippen molar-refractivity contribution in [2.75, 3.05) is 11.9 Å². The van der Waals surface area contributed by atoms with E-state index in [0.717, 1.165) is 29.7 Å². The molecule has 156 valence electrons. The Labute approximate surface area is 181 Å². The van der Waals surface area contributed by atoms with Gasteiger partial charge in [-0.1, -0.05) is 36.8 Å². The number of sulfonamides is 1. The van der Waals surface area contributed by atoms with Crippen molar-refractivity contribution in [1.29, 1.82) is 0 Å². The Kier molecular flexibility index (Phi) is 6.04. The molecule has 1 aliphatic heterocycles. The lowest BCUT2D eigenvalue weighted by Crippen LogP contribution is -2.41. The summed E-state index contributed by atoms with van der Waals surface area (Å²) in [5, 5.41) is 4.93. The average Bonchev–Trinajstić information content (AvgIpc) is 3.29. The van der Waals surface area contributed by atoms with Gasteiger partial charge >= 0.3 is 0 Å². The maximum absolute atomic E-state index is 13.1. The number of anilines is 1. The number of thiophene rings is 1. The van der Waals surface area contributed by atoms with Gasteiger partial charge < -0.3 is 5.32 Å². The van der Waals surface area contributed by atoms with Gasteiger partial charge in [-0.05, 0) is 55.5 Å². The molecule has 0 saturated carbocycles. The molecule has 0 spiro atoms. The molecule has 1 aliphatic rings. The van der Waals surface area contributed by atoms with E-state index in [9.17, 15) is 13.2 Å². The Morgan fingerprint density at radius 3 is 2.67 bits per heavy atom. The van der Waals surface area contributed by atoms with E-state index < -0.39 is 10.0 Å². The van der Waals surface area contributed by atoms with Gasteiger partial charge in [0.1, 0.15) is 0 Å². The van der Waals surface area contributed by atoms with E-state index in [2.05, 4.69) is 5.32 Å². The SMILES string of the molecule is CC1CCCCN1S(=O)(=O)c1cccc(C(=O)Nc2ccccc2-c2cccs2)c1. The minimum absolute atomic E-state index is 0.0288. The first-order valence-electron chi connectivity index (χ1n) is 10.0. The van der Waals surface area contributed by atoms with Crippen LogP contribution in [0.2, 0.25) is 0 Å². The molecule has 2 aromatic carbocycles. The van der Waals surface area contributed by atoms with Crippen molar-refractivity contribution in [3.8, 4) is 10.4 Å². The molecule has 4 rings (SSSR count). The van der Waals surface area contributed by atoms with Gasteiger partial charge in [0.05, 0.1) is 4.90 Å². The zero-order chi connectivity index (χ0) is 21.1. The second kappa shape index (κ2) is 8.71. The predicted molar refractivity (Wildman–Crippen MR) is 121 cm³/mol. The number of amides is 1. The quantitative estimate of drug-likeness (QED) is 0.591. The van der Waals surface area contributed by atoms with Crippen molar-refractivity contribution < 1.29 is 13.2 Å². The minimum atomic E-state index is -3.63. The fourth-order valence-corrected chi connectivity index (χ4v) is 6.31. The molecule has 1 N–H and O–H groups in total. The summed E-state index contributed by atoms with van der Waals surface area (Å²) in [6, 6.07) is 17.8. The maximum atomic E-state index is 13.1.